The Morgan fingerprint density at radius 3 is 2.32 bits per heavy atom. The number of ether oxygens (including phenoxy) is 1. The fraction of sp³-hybridized carbons (Fsp3) is 0.733. The van der Waals surface area contributed by atoms with Crippen LogP contribution in [0, 0.1) is 0 Å². The van der Waals surface area contributed by atoms with E-state index in [1.807, 2.05) is 20.8 Å². The van der Waals surface area contributed by atoms with Crippen molar-refractivity contribution in [1.82, 2.24) is 15.1 Å². The fourth-order valence-electron chi connectivity index (χ4n) is 2.13. The molecule has 7 nitrogen and oxygen atoms in total. The molecule has 1 rings (SSSR count). The maximum absolute atomic E-state index is 11.5. The van der Waals surface area contributed by atoms with Gasteiger partial charge in [-0.2, -0.15) is 0 Å². The molecule has 0 aromatic rings. The van der Waals surface area contributed by atoms with E-state index in [1.54, 1.807) is 6.08 Å². The molecule has 0 atom stereocenters. The zero-order valence-corrected chi connectivity index (χ0v) is 13.7. The number of nitrogens with zero attached hydrogens (tertiary/aromatic N) is 2. The van der Waals surface area contributed by atoms with Gasteiger partial charge in [0.25, 0.3) is 0 Å². The highest BCUT2D eigenvalue weighted by atomic mass is 16.6. The first-order valence-corrected chi connectivity index (χ1v) is 7.57. The van der Waals surface area contributed by atoms with Gasteiger partial charge in [0.2, 0.25) is 0 Å². The second-order valence-corrected chi connectivity index (χ2v) is 6.31. The average Bonchev–Trinajstić information content (AvgIpc) is 2.38. The number of alkyl carbamates (subject to hydrolysis) is 1. The molecular formula is C15H27N3O4. The standard InChI is InChI=1S/C15H27N3O4/c1-15(2,3)22-14(21)16-6-8-18-11-9-17(10-12-18)7-4-5-13(19)20/h4-5H,6-12H2,1-3H3,(H,16,21)(H,19,20). The van der Waals surface area contributed by atoms with Crippen LogP contribution in [0.1, 0.15) is 20.8 Å². The van der Waals surface area contributed by atoms with Crippen LogP contribution in [0.15, 0.2) is 12.2 Å². The molecule has 126 valence electrons. The lowest BCUT2D eigenvalue weighted by Crippen LogP contribution is -2.48. The van der Waals surface area contributed by atoms with Crippen LogP contribution in [0.5, 0.6) is 0 Å². The van der Waals surface area contributed by atoms with E-state index >= 15 is 0 Å². The van der Waals surface area contributed by atoms with E-state index in [-0.39, 0.29) is 6.09 Å². The second-order valence-electron chi connectivity index (χ2n) is 6.31. The molecule has 2 N–H and O–H groups in total. The normalized spacial score (nSPS) is 17.6. The number of hydrogen-bond donors (Lipinski definition) is 2. The topological polar surface area (TPSA) is 82.1 Å². The van der Waals surface area contributed by atoms with Crippen LogP contribution in [0.2, 0.25) is 0 Å². The third kappa shape index (κ3) is 8.63. The smallest absolute Gasteiger partial charge is 0.407 e. The van der Waals surface area contributed by atoms with Gasteiger partial charge < -0.3 is 15.2 Å². The van der Waals surface area contributed by atoms with Crippen molar-refractivity contribution in [3.63, 3.8) is 0 Å². The van der Waals surface area contributed by atoms with Crippen molar-refractivity contribution in [3.05, 3.63) is 12.2 Å². The molecule has 0 radical (unpaired) electrons. The highest BCUT2D eigenvalue weighted by Gasteiger charge is 2.18. The molecule has 0 aromatic heterocycles. The Morgan fingerprint density at radius 1 is 1.18 bits per heavy atom. The number of hydrogen-bond acceptors (Lipinski definition) is 5. The molecule has 0 aliphatic carbocycles. The highest BCUT2D eigenvalue weighted by molar-refractivity contribution is 5.79. The van der Waals surface area contributed by atoms with Gasteiger partial charge in [-0.25, -0.2) is 9.59 Å². The minimum atomic E-state index is -0.910. The molecule has 1 aliphatic rings. The van der Waals surface area contributed by atoms with E-state index in [2.05, 4.69) is 15.1 Å². The first kappa shape index (κ1) is 18.4. The summed E-state index contributed by atoms with van der Waals surface area (Å²) < 4.78 is 5.18. The van der Waals surface area contributed by atoms with Crippen molar-refractivity contribution in [2.24, 2.45) is 0 Å². The maximum Gasteiger partial charge on any atom is 0.407 e. The van der Waals surface area contributed by atoms with Gasteiger partial charge in [-0.1, -0.05) is 6.08 Å². The van der Waals surface area contributed by atoms with E-state index in [0.29, 0.717) is 13.1 Å². The van der Waals surface area contributed by atoms with Crippen LogP contribution >= 0.6 is 0 Å². The third-order valence-electron chi connectivity index (χ3n) is 3.19. The summed E-state index contributed by atoms with van der Waals surface area (Å²) in [5.74, 6) is -0.910. The van der Waals surface area contributed by atoms with E-state index in [4.69, 9.17) is 9.84 Å². The van der Waals surface area contributed by atoms with Crippen LogP contribution in [0.3, 0.4) is 0 Å². The van der Waals surface area contributed by atoms with Gasteiger partial charge >= 0.3 is 12.1 Å². The number of carboxylic acid groups (broad SMARTS) is 1. The summed E-state index contributed by atoms with van der Waals surface area (Å²) in [5.41, 5.74) is -0.473. The maximum atomic E-state index is 11.5. The predicted octanol–water partition coefficient (Wildman–Crippen LogP) is 0.770. The Kier molecular flexibility index (Phi) is 7.34. The number of carbonyl (C=O) groups excluding carboxylic acids is 1. The summed E-state index contributed by atoms with van der Waals surface area (Å²) in [5, 5.41) is 11.3. The summed E-state index contributed by atoms with van der Waals surface area (Å²) in [6, 6.07) is 0. The molecule has 0 unspecified atom stereocenters. The summed E-state index contributed by atoms with van der Waals surface area (Å²) in [7, 11) is 0. The van der Waals surface area contributed by atoms with Crippen LogP contribution in [0.4, 0.5) is 4.79 Å². The molecule has 1 heterocycles. The van der Waals surface area contributed by atoms with Crippen molar-refractivity contribution in [2.45, 2.75) is 26.4 Å². The Bertz CT molecular complexity index is 396. The quantitative estimate of drug-likeness (QED) is 0.705. The number of aliphatic carboxylic acids is 1. The van der Waals surface area contributed by atoms with Crippen LogP contribution in [-0.4, -0.2) is 78.4 Å². The monoisotopic (exact) mass is 313 g/mol. The first-order chi connectivity index (χ1) is 10.3. The Hall–Kier alpha value is -1.60. The number of nitrogens with one attached hydrogen (secondary N) is 1. The third-order valence-corrected chi connectivity index (χ3v) is 3.19. The van der Waals surface area contributed by atoms with Gasteiger partial charge in [-0.15, -0.1) is 0 Å². The Morgan fingerprint density at radius 2 is 1.77 bits per heavy atom. The molecular weight excluding hydrogens is 286 g/mol. The molecule has 1 aliphatic heterocycles. The van der Waals surface area contributed by atoms with E-state index in [1.165, 1.54) is 6.08 Å². The molecule has 0 saturated carbocycles. The number of piperazine rings is 1. The number of carboxylic acids is 1. The summed E-state index contributed by atoms with van der Waals surface area (Å²) in [6.45, 7) is 11.2. The van der Waals surface area contributed by atoms with Crippen molar-refractivity contribution in [1.29, 1.82) is 0 Å². The molecule has 22 heavy (non-hydrogen) atoms. The lowest BCUT2D eigenvalue weighted by molar-refractivity contribution is -0.131. The highest BCUT2D eigenvalue weighted by Crippen LogP contribution is 2.06. The van der Waals surface area contributed by atoms with E-state index in [9.17, 15) is 9.59 Å². The molecule has 7 heteroatoms. The van der Waals surface area contributed by atoms with Gasteiger partial charge in [0.05, 0.1) is 0 Å². The van der Waals surface area contributed by atoms with Gasteiger partial charge in [-0.3, -0.25) is 9.80 Å². The van der Waals surface area contributed by atoms with Crippen molar-refractivity contribution in [2.75, 3.05) is 45.8 Å². The summed E-state index contributed by atoms with van der Waals surface area (Å²) in [4.78, 5) is 26.4. The molecule has 0 aromatic carbocycles. The zero-order valence-electron chi connectivity index (χ0n) is 13.7. The Labute approximate surface area is 131 Å². The van der Waals surface area contributed by atoms with Gasteiger partial charge in [-0.05, 0) is 20.8 Å². The van der Waals surface area contributed by atoms with E-state index in [0.717, 1.165) is 32.7 Å². The lowest BCUT2D eigenvalue weighted by atomic mass is 10.2. The molecule has 0 spiro atoms. The number of rotatable bonds is 6. The molecule has 1 fully saturated rings. The van der Waals surface area contributed by atoms with Crippen LogP contribution < -0.4 is 5.32 Å². The van der Waals surface area contributed by atoms with Crippen LogP contribution in [-0.2, 0) is 9.53 Å². The van der Waals surface area contributed by atoms with Gasteiger partial charge in [0, 0.05) is 51.9 Å². The summed E-state index contributed by atoms with van der Waals surface area (Å²) >= 11 is 0. The second kappa shape index (κ2) is 8.75. The zero-order chi connectivity index (χ0) is 16.6. The minimum Gasteiger partial charge on any atom is -0.478 e. The number of amides is 1. The molecule has 1 amide bonds. The fourth-order valence-corrected chi connectivity index (χ4v) is 2.13. The molecule has 0 bridgehead atoms. The van der Waals surface area contributed by atoms with E-state index < -0.39 is 11.6 Å². The van der Waals surface area contributed by atoms with Crippen molar-refractivity contribution >= 4 is 12.1 Å². The first-order valence-electron chi connectivity index (χ1n) is 7.57. The van der Waals surface area contributed by atoms with Crippen molar-refractivity contribution < 1.29 is 19.4 Å². The van der Waals surface area contributed by atoms with Crippen molar-refractivity contribution in [3.8, 4) is 0 Å². The largest absolute Gasteiger partial charge is 0.478 e. The lowest BCUT2D eigenvalue weighted by Gasteiger charge is -2.34. The molecule has 1 saturated heterocycles. The minimum absolute atomic E-state index is 0.384. The average molecular weight is 313 g/mol. The predicted molar refractivity (Wildman–Crippen MR) is 83.9 cm³/mol. The van der Waals surface area contributed by atoms with Crippen LogP contribution in [0.25, 0.3) is 0 Å². The van der Waals surface area contributed by atoms with Gasteiger partial charge in [0.15, 0.2) is 0 Å². The SMILES string of the molecule is CC(C)(C)OC(=O)NCCN1CCN(CC=CC(=O)O)CC1. The van der Waals surface area contributed by atoms with Gasteiger partial charge in [0.1, 0.15) is 5.60 Å². The Balaban J connectivity index is 2.13. The summed E-state index contributed by atoms with van der Waals surface area (Å²) in [6.07, 6.45) is 2.46. The number of carbonyl (C=O) groups is 2.